The number of nitrogens with zero attached hydrogens (tertiary/aromatic N) is 1. The normalized spacial score (nSPS) is 24.1. The molecule has 0 unspecified atom stereocenters. The van der Waals surface area contributed by atoms with Crippen LogP contribution >= 0.6 is 0 Å². The molecule has 1 heterocycles. The lowest BCUT2D eigenvalue weighted by Crippen LogP contribution is -2.52. The highest BCUT2D eigenvalue weighted by atomic mass is 16.5. The van der Waals surface area contributed by atoms with Crippen molar-refractivity contribution in [3.63, 3.8) is 0 Å². The van der Waals surface area contributed by atoms with E-state index in [0.29, 0.717) is 25.3 Å². The molecular formula is C14H19NO4. The Balaban J connectivity index is 1.89. The van der Waals surface area contributed by atoms with Crippen LogP contribution in [0.4, 0.5) is 0 Å². The van der Waals surface area contributed by atoms with E-state index in [9.17, 15) is 9.90 Å². The number of hydrogen-bond donors (Lipinski definition) is 2. The van der Waals surface area contributed by atoms with Crippen LogP contribution in [0.3, 0.4) is 0 Å². The van der Waals surface area contributed by atoms with E-state index >= 15 is 0 Å². The summed E-state index contributed by atoms with van der Waals surface area (Å²) in [4.78, 5) is 12.5. The molecule has 1 aliphatic heterocycles. The number of para-hydroxylation sites is 1. The Morgan fingerprint density at radius 3 is 2.79 bits per heavy atom. The van der Waals surface area contributed by atoms with Crippen LogP contribution in [-0.4, -0.2) is 52.9 Å². The Morgan fingerprint density at radius 2 is 2.11 bits per heavy atom. The fourth-order valence-electron chi connectivity index (χ4n) is 2.38. The molecule has 1 fully saturated rings. The highest BCUT2D eigenvalue weighted by Crippen LogP contribution is 2.22. The van der Waals surface area contributed by atoms with E-state index < -0.39 is 11.6 Å². The van der Waals surface area contributed by atoms with Gasteiger partial charge in [0, 0.05) is 6.54 Å². The molecule has 0 saturated carbocycles. The second-order valence-electron chi connectivity index (χ2n) is 5.03. The number of carboxylic acids is 1. The van der Waals surface area contributed by atoms with Gasteiger partial charge in [0.1, 0.15) is 18.0 Å². The van der Waals surface area contributed by atoms with Crippen molar-refractivity contribution in [2.75, 3.05) is 26.2 Å². The summed E-state index contributed by atoms with van der Waals surface area (Å²) in [5.41, 5.74) is -0.969. The molecule has 2 rings (SSSR count). The minimum absolute atomic E-state index is 0.0341. The van der Waals surface area contributed by atoms with E-state index in [0.717, 1.165) is 6.42 Å². The quantitative estimate of drug-likeness (QED) is 0.830. The number of carboxylic acid groups (broad SMARTS) is 1. The van der Waals surface area contributed by atoms with Crippen molar-refractivity contribution in [2.24, 2.45) is 0 Å². The van der Waals surface area contributed by atoms with Crippen molar-refractivity contribution in [1.82, 2.24) is 4.90 Å². The summed E-state index contributed by atoms with van der Waals surface area (Å²) in [5.74, 6) is -0.153. The average molecular weight is 265 g/mol. The first kappa shape index (κ1) is 13.8. The highest BCUT2D eigenvalue weighted by molar-refractivity contribution is 5.69. The van der Waals surface area contributed by atoms with Crippen LogP contribution in [0.25, 0.3) is 0 Å². The van der Waals surface area contributed by atoms with Gasteiger partial charge in [0.2, 0.25) is 0 Å². The summed E-state index contributed by atoms with van der Waals surface area (Å²) in [6, 6.07) is 9.31. The largest absolute Gasteiger partial charge is 0.491 e. The number of aliphatic carboxylic acids is 1. The Kier molecular flexibility index (Phi) is 4.39. The minimum atomic E-state index is -0.969. The van der Waals surface area contributed by atoms with Crippen LogP contribution in [0.5, 0.6) is 5.75 Å². The molecule has 1 saturated heterocycles. The third-order valence-electron chi connectivity index (χ3n) is 3.24. The first-order valence-electron chi connectivity index (χ1n) is 6.42. The molecule has 0 amide bonds. The molecule has 0 spiro atoms. The van der Waals surface area contributed by atoms with E-state index in [-0.39, 0.29) is 13.2 Å². The van der Waals surface area contributed by atoms with Gasteiger partial charge in [-0.15, -0.1) is 0 Å². The van der Waals surface area contributed by atoms with Crippen molar-refractivity contribution in [3.8, 4) is 5.75 Å². The van der Waals surface area contributed by atoms with E-state index in [1.54, 1.807) is 4.90 Å². The summed E-state index contributed by atoms with van der Waals surface area (Å²) >= 11 is 0. The zero-order chi connectivity index (χ0) is 13.7. The first-order chi connectivity index (χ1) is 9.07. The van der Waals surface area contributed by atoms with Crippen LogP contribution in [0.1, 0.15) is 12.8 Å². The number of rotatable bonds is 5. The molecule has 0 aromatic heterocycles. The van der Waals surface area contributed by atoms with Crippen LogP contribution in [0.2, 0.25) is 0 Å². The Labute approximate surface area is 112 Å². The van der Waals surface area contributed by atoms with Gasteiger partial charge in [0.25, 0.3) is 0 Å². The maximum Gasteiger partial charge on any atom is 0.317 e. The molecule has 0 radical (unpaired) electrons. The lowest BCUT2D eigenvalue weighted by molar-refractivity contribution is -0.140. The lowest BCUT2D eigenvalue weighted by atomic mass is 9.94. The molecule has 5 nitrogen and oxygen atoms in total. The molecule has 0 bridgehead atoms. The van der Waals surface area contributed by atoms with Gasteiger partial charge in [0.05, 0.1) is 6.54 Å². The third kappa shape index (κ3) is 4.22. The third-order valence-corrected chi connectivity index (χ3v) is 3.24. The summed E-state index contributed by atoms with van der Waals surface area (Å²) in [5, 5.41) is 19.2. The maximum atomic E-state index is 10.7. The molecule has 104 valence electrons. The molecule has 5 heteroatoms. The van der Waals surface area contributed by atoms with Gasteiger partial charge in [-0.3, -0.25) is 9.69 Å². The molecule has 1 aromatic carbocycles. The number of aliphatic hydroxyl groups is 1. The number of benzene rings is 1. The average Bonchev–Trinajstić information content (AvgIpc) is 2.37. The second kappa shape index (κ2) is 6.04. The fourth-order valence-corrected chi connectivity index (χ4v) is 2.38. The van der Waals surface area contributed by atoms with Gasteiger partial charge in [0.15, 0.2) is 0 Å². The van der Waals surface area contributed by atoms with Crippen molar-refractivity contribution in [2.45, 2.75) is 18.4 Å². The second-order valence-corrected chi connectivity index (χ2v) is 5.03. The van der Waals surface area contributed by atoms with E-state index in [2.05, 4.69) is 0 Å². The van der Waals surface area contributed by atoms with E-state index in [1.807, 2.05) is 30.3 Å². The highest BCUT2D eigenvalue weighted by Gasteiger charge is 2.34. The van der Waals surface area contributed by atoms with Gasteiger partial charge in [-0.05, 0) is 31.5 Å². The van der Waals surface area contributed by atoms with Crippen molar-refractivity contribution < 1.29 is 19.7 Å². The number of hydrogen-bond acceptors (Lipinski definition) is 4. The van der Waals surface area contributed by atoms with Gasteiger partial charge in [-0.1, -0.05) is 18.2 Å². The predicted octanol–water partition coefficient (Wildman–Crippen LogP) is 0.977. The molecule has 19 heavy (non-hydrogen) atoms. The minimum Gasteiger partial charge on any atom is -0.491 e. The molecule has 1 aliphatic rings. The number of likely N-dealkylation sites (tertiary alicyclic amines) is 1. The topological polar surface area (TPSA) is 70.0 Å². The van der Waals surface area contributed by atoms with Crippen molar-refractivity contribution >= 4 is 5.97 Å². The van der Waals surface area contributed by atoms with Crippen LogP contribution < -0.4 is 4.74 Å². The zero-order valence-corrected chi connectivity index (χ0v) is 10.8. The van der Waals surface area contributed by atoms with Crippen molar-refractivity contribution in [3.05, 3.63) is 30.3 Å². The molecule has 1 aromatic rings. The molecular weight excluding hydrogens is 246 g/mol. The Bertz CT molecular complexity index is 423. The number of β-amino-alcohol motifs (C(OH)–C–C–N with tert-alkyl or cyclic N) is 1. The SMILES string of the molecule is O=C(O)CN1CCC[C@](O)(COc2ccccc2)C1. The van der Waals surface area contributed by atoms with Gasteiger partial charge in [-0.2, -0.15) is 0 Å². The maximum absolute atomic E-state index is 10.7. The van der Waals surface area contributed by atoms with Crippen LogP contribution in [0, 0.1) is 0 Å². The van der Waals surface area contributed by atoms with Crippen LogP contribution in [0.15, 0.2) is 30.3 Å². The standard InChI is InChI=1S/C14H19NO4/c16-13(17)9-15-8-4-7-14(18,10-15)11-19-12-5-2-1-3-6-12/h1-3,5-6,18H,4,7-11H2,(H,16,17)/t14-/m1/s1. The monoisotopic (exact) mass is 265 g/mol. The summed E-state index contributed by atoms with van der Waals surface area (Å²) in [7, 11) is 0. The van der Waals surface area contributed by atoms with Crippen molar-refractivity contribution in [1.29, 1.82) is 0 Å². The molecule has 1 atom stereocenters. The first-order valence-corrected chi connectivity index (χ1v) is 6.42. The summed E-state index contributed by atoms with van der Waals surface area (Å²) in [6.45, 7) is 1.20. The van der Waals surface area contributed by atoms with Crippen LogP contribution in [-0.2, 0) is 4.79 Å². The molecule has 0 aliphatic carbocycles. The predicted molar refractivity (Wildman–Crippen MR) is 70.2 cm³/mol. The lowest BCUT2D eigenvalue weighted by Gasteiger charge is -2.38. The smallest absolute Gasteiger partial charge is 0.317 e. The number of carbonyl (C=O) groups is 1. The Morgan fingerprint density at radius 1 is 1.37 bits per heavy atom. The van der Waals surface area contributed by atoms with E-state index in [4.69, 9.17) is 9.84 Å². The fraction of sp³-hybridized carbons (Fsp3) is 0.500. The summed E-state index contributed by atoms with van der Waals surface area (Å²) < 4.78 is 5.58. The van der Waals surface area contributed by atoms with Gasteiger partial charge in [-0.25, -0.2) is 0 Å². The van der Waals surface area contributed by atoms with E-state index in [1.165, 1.54) is 0 Å². The van der Waals surface area contributed by atoms with Gasteiger partial charge >= 0.3 is 5.97 Å². The number of ether oxygens (including phenoxy) is 1. The molecule has 2 N–H and O–H groups in total. The number of piperidine rings is 1. The summed E-state index contributed by atoms with van der Waals surface area (Å²) in [6.07, 6.45) is 1.41. The zero-order valence-electron chi connectivity index (χ0n) is 10.8. The Hall–Kier alpha value is -1.59. The van der Waals surface area contributed by atoms with Gasteiger partial charge < -0.3 is 14.9 Å².